The first kappa shape index (κ1) is 19.1. The molecule has 0 fully saturated rings. The van der Waals surface area contributed by atoms with Gasteiger partial charge < -0.3 is 10.1 Å². The maximum atomic E-state index is 12.0. The van der Waals surface area contributed by atoms with Crippen LogP contribution < -0.4 is 15.4 Å². The van der Waals surface area contributed by atoms with Gasteiger partial charge in [-0.2, -0.15) is 0 Å². The minimum absolute atomic E-state index is 0.0276. The highest BCUT2D eigenvalue weighted by molar-refractivity contribution is 7.80. The van der Waals surface area contributed by atoms with Crippen molar-refractivity contribution in [2.45, 2.75) is 6.92 Å². The molecule has 0 saturated heterocycles. The molecule has 0 spiro atoms. The van der Waals surface area contributed by atoms with Gasteiger partial charge in [0.1, 0.15) is 5.75 Å². The summed E-state index contributed by atoms with van der Waals surface area (Å²) in [6, 6.07) is 11.9. The average Bonchev–Trinajstić information content (AvgIpc) is 2.61. The first-order valence-corrected chi connectivity index (χ1v) is 7.99. The largest absolute Gasteiger partial charge is 0.496 e. The number of methoxy groups -OCH3 is 1. The molecule has 26 heavy (non-hydrogen) atoms. The number of carbonyl (C=O) groups is 1. The number of nitro groups is 1. The van der Waals surface area contributed by atoms with Gasteiger partial charge >= 0.3 is 0 Å². The van der Waals surface area contributed by atoms with Gasteiger partial charge in [-0.25, -0.2) is 0 Å². The lowest BCUT2D eigenvalue weighted by Gasteiger charge is -2.09. The van der Waals surface area contributed by atoms with Crippen molar-refractivity contribution in [3.63, 3.8) is 0 Å². The number of benzene rings is 2. The number of thiocarbonyl (C=S) groups is 1. The van der Waals surface area contributed by atoms with Crippen LogP contribution in [0.25, 0.3) is 6.08 Å². The monoisotopic (exact) mass is 371 g/mol. The van der Waals surface area contributed by atoms with Crippen molar-refractivity contribution in [2.24, 2.45) is 0 Å². The summed E-state index contributed by atoms with van der Waals surface area (Å²) in [7, 11) is 1.55. The van der Waals surface area contributed by atoms with Crippen LogP contribution in [0.15, 0.2) is 48.5 Å². The standard InChI is InChI=1S/C18H17N3O4S/c1-12-7-9-14(11-15(12)21(23)24)19-18(26)20-17(22)10-8-13-5-3-4-6-16(13)25-2/h3-11H,1-2H3,(H2,19,20,22,26)/b10-8+. The normalized spacial score (nSPS) is 10.4. The highest BCUT2D eigenvalue weighted by atomic mass is 32.1. The average molecular weight is 371 g/mol. The zero-order valence-corrected chi connectivity index (χ0v) is 15.0. The van der Waals surface area contributed by atoms with Gasteiger partial charge in [0.2, 0.25) is 5.91 Å². The van der Waals surface area contributed by atoms with Crippen LogP contribution >= 0.6 is 12.2 Å². The van der Waals surface area contributed by atoms with Crippen LogP contribution in [-0.4, -0.2) is 23.1 Å². The van der Waals surface area contributed by atoms with Gasteiger partial charge in [0, 0.05) is 29.0 Å². The Morgan fingerprint density at radius 3 is 2.69 bits per heavy atom. The zero-order chi connectivity index (χ0) is 19.1. The number of nitro benzene ring substituents is 1. The van der Waals surface area contributed by atoms with Crippen LogP contribution in [0, 0.1) is 17.0 Å². The van der Waals surface area contributed by atoms with Crippen molar-refractivity contribution in [1.82, 2.24) is 5.32 Å². The van der Waals surface area contributed by atoms with Crippen LogP contribution in [0.1, 0.15) is 11.1 Å². The third-order valence-electron chi connectivity index (χ3n) is 3.45. The van der Waals surface area contributed by atoms with E-state index in [4.69, 9.17) is 17.0 Å². The van der Waals surface area contributed by atoms with Crippen LogP contribution in [0.2, 0.25) is 0 Å². The van der Waals surface area contributed by atoms with E-state index in [-0.39, 0.29) is 10.8 Å². The van der Waals surface area contributed by atoms with E-state index in [1.165, 1.54) is 12.1 Å². The molecule has 0 radical (unpaired) electrons. The molecular weight excluding hydrogens is 354 g/mol. The third-order valence-corrected chi connectivity index (χ3v) is 3.66. The Hall–Kier alpha value is -3.26. The first-order valence-electron chi connectivity index (χ1n) is 7.59. The molecule has 2 N–H and O–H groups in total. The second kappa shape index (κ2) is 8.72. The number of hydrogen-bond donors (Lipinski definition) is 2. The highest BCUT2D eigenvalue weighted by Crippen LogP contribution is 2.22. The maximum absolute atomic E-state index is 12.0. The molecule has 0 aliphatic heterocycles. The SMILES string of the molecule is COc1ccccc1/C=C/C(=O)NC(=S)Nc1ccc(C)c([N+](=O)[O-])c1. The predicted molar refractivity (Wildman–Crippen MR) is 104 cm³/mol. The topological polar surface area (TPSA) is 93.5 Å². The summed E-state index contributed by atoms with van der Waals surface area (Å²) in [5.74, 6) is 0.208. The second-order valence-corrected chi connectivity index (χ2v) is 5.69. The van der Waals surface area contributed by atoms with Crippen molar-refractivity contribution in [2.75, 3.05) is 12.4 Å². The molecule has 2 rings (SSSR count). The molecule has 0 aliphatic rings. The van der Waals surface area contributed by atoms with E-state index < -0.39 is 10.8 Å². The van der Waals surface area contributed by atoms with Crippen LogP contribution in [0.4, 0.5) is 11.4 Å². The smallest absolute Gasteiger partial charge is 0.274 e. The summed E-state index contributed by atoms with van der Waals surface area (Å²) < 4.78 is 5.20. The molecule has 1 amide bonds. The fourth-order valence-corrected chi connectivity index (χ4v) is 2.39. The molecule has 0 bridgehead atoms. The van der Waals surface area contributed by atoms with E-state index in [2.05, 4.69) is 10.6 Å². The lowest BCUT2D eigenvalue weighted by molar-refractivity contribution is -0.385. The maximum Gasteiger partial charge on any atom is 0.274 e. The van der Waals surface area contributed by atoms with Gasteiger partial charge in [-0.15, -0.1) is 0 Å². The van der Waals surface area contributed by atoms with Gasteiger partial charge in [0.25, 0.3) is 5.69 Å². The predicted octanol–water partition coefficient (Wildman–Crippen LogP) is 3.44. The number of carbonyl (C=O) groups excluding carboxylic acids is 1. The lowest BCUT2D eigenvalue weighted by atomic mass is 10.2. The van der Waals surface area contributed by atoms with Crippen LogP contribution in [0.3, 0.4) is 0 Å². The Labute approximate surface area is 155 Å². The van der Waals surface area contributed by atoms with Gasteiger partial charge in [-0.05, 0) is 37.4 Å². The Morgan fingerprint density at radius 2 is 2.00 bits per heavy atom. The Balaban J connectivity index is 1.99. The van der Waals surface area contributed by atoms with Gasteiger partial charge in [-0.3, -0.25) is 20.2 Å². The van der Waals surface area contributed by atoms with Crippen molar-refractivity contribution >= 4 is 40.7 Å². The number of rotatable bonds is 5. The first-order chi connectivity index (χ1) is 12.4. The molecule has 7 nitrogen and oxygen atoms in total. The quantitative estimate of drug-likeness (QED) is 0.362. The van der Waals surface area contributed by atoms with Crippen molar-refractivity contribution in [1.29, 1.82) is 0 Å². The molecule has 134 valence electrons. The second-order valence-electron chi connectivity index (χ2n) is 5.28. The summed E-state index contributed by atoms with van der Waals surface area (Å²) in [4.78, 5) is 22.5. The third kappa shape index (κ3) is 5.12. The molecule has 0 aliphatic carbocycles. The van der Waals surface area contributed by atoms with Gasteiger partial charge in [0.05, 0.1) is 12.0 Å². The molecule has 0 unspecified atom stereocenters. The number of ether oxygens (including phenoxy) is 1. The van der Waals surface area contributed by atoms with Crippen molar-refractivity contribution < 1.29 is 14.5 Å². The molecular formula is C18H17N3O4S. The molecule has 0 heterocycles. The number of aryl methyl sites for hydroxylation is 1. The van der Waals surface area contributed by atoms with Crippen molar-refractivity contribution in [3.8, 4) is 5.75 Å². The summed E-state index contributed by atoms with van der Waals surface area (Å²) in [5, 5.41) is 16.2. The Bertz CT molecular complexity index is 880. The number of nitrogens with zero attached hydrogens (tertiary/aromatic N) is 1. The van der Waals surface area contributed by atoms with Gasteiger partial charge in [-0.1, -0.05) is 24.3 Å². The summed E-state index contributed by atoms with van der Waals surface area (Å²) >= 11 is 5.06. The zero-order valence-electron chi connectivity index (χ0n) is 14.2. The minimum Gasteiger partial charge on any atom is -0.496 e. The molecule has 0 atom stereocenters. The van der Waals surface area contributed by atoms with Gasteiger partial charge in [0.15, 0.2) is 5.11 Å². The van der Waals surface area contributed by atoms with E-state index in [9.17, 15) is 14.9 Å². The summed E-state index contributed by atoms with van der Waals surface area (Å²) in [6.45, 7) is 1.64. The van der Waals surface area contributed by atoms with Crippen LogP contribution in [0.5, 0.6) is 5.75 Å². The molecule has 0 aromatic heterocycles. The summed E-state index contributed by atoms with van der Waals surface area (Å²) in [6.07, 6.45) is 2.93. The number of anilines is 1. The molecule has 2 aromatic rings. The van der Waals surface area contributed by atoms with E-state index in [1.807, 2.05) is 18.2 Å². The van der Waals surface area contributed by atoms with E-state index >= 15 is 0 Å². The molecule has 8 heteroatoms. The number of amides is 1. The van der Waals surface area contributed by atoms with E-state index in [0.717, 1.165) is 5.56 Å². The Morgan fingerprint density at radius 1 is 1.27 bits per heavy atom. The molecule has 0 saturated carbocycles. The van der Waals surface area contributed by atoms with Crippen LogP contribution in [-0.2, 0) is 4.79 Å². The minimum atomic E-state index is -0.474. The molecule has 2 aromatic carbocycles. The van der Waals surface area contributed by atoms with E-state index in [0.29, 0.717) is 17.0 Å². The Kier molecular flexibility index (Phi) is 6.40. The number of hydrogen-bond acceptors (Lipinski definition) is 5. The number of nitrogens with one attached hydrogen (secondary N) is 2. The lowest BCUT2D eigenvalue weighted by Crippen LogP contribution is -2.32. The fraction of sp³-hybridized carbons (Fsp3) is 0.111. The van der Waals surface area contributed by atoms with E-state index in [1.54, 1.807) is 38.3 Å². The fourth-order valence-electron chi connectivity index (χ4n) is 2.17. The summed E-state index contributed by atoms with van der Waals surface area (Å²) in [5.41, 5.74) is 1.68. The highest BCUT2D eigenvalue weighted by Gasteiger charge is 2.12. The van der Waals surface area contributed by atoms with Crippen molar-refractivity contribution in [3.05, 3.63) is 69.8 Å². The number of para-hydroxylation sites is 1.